The van der Waals surface area contributed by atoms with Crippen LogP contribution < -0.4 is 11.1 Å². The van der Waals surface area contributed by atoms with Gasteiger partial charge in [0, 0.05) is 17.8 Å². The van der Waals surface area contributed by atoms with Crippen molar-refractivity contribution in [3.8, 4) is 0 Å². The quantitative estimate of drug-likeness (QED) is 0.353. The summed E-state index contributed by atoms with van der Waals surface area (Å²) in [6, 6.07) is 6.75. The summed E-state index contributed by atoms with van der Waals surface area (Å²) in [6.07, 6.45) is 1.46. The van der Waals surface area contributed by atoms with Gasteiger partial charge in [-0.05, 0) is 18.2 Å². The van der Waals surface area contributed by atoms with E-state index >= 15 is 0 Å². The van der Waals surface area contributed by atoms with Crippen LogP contribution in [0.15, 0.2) is 41.0 Å². The zero-order valence-electron chi connectivity index (χ0n) is 11.9. The van der Waals surface area contributed by atoms with Crippen LogP contribution in [0.1, 0.15) is 16.1 Å². The molecule has 0 fully saturated rings. The van der Waals surface area contributed by atoms with Gasteiger partial charge < -0.3 is 20.2 Å². The predicted octanol–water partition coefficient (Wildman–Crippen LogP) is 1.24. The number of ether oxygens (including phenoxy) is 1. The molecule has 2 aromatic rings. The number of rotatable bonds is 6. The maximum Gasteiger partial charge on any atom is 0.341 e. The van der Waals surface area contributed by atoms with Gasteiger partial charge in [-0.15, -0.1) is 0 Å². The molecule has 0 atom stereocenters. The lowest BCUT2D eigenvalue weighted by Gasteiger charge is -2.07. The number of hydrogen-bond acceptors (Lipinski definition) is 7. The number of nitrogens with two attached hydrogens (primary N) is 1. The largest absolute Gasteiger partial charge is 0.467 e. The number of nitrogens with one attached hydrogen (secondary N) is 1. The fourth-order valence-electron chi connectivity index (χ4n) is 1.69. The average Bonchev–Trinajstić information content (AvgIpc) is 3.04. The van der Waals surface area contributed by atoms with Gasteiger partial charge in [0.05, 0.1) is 23.3 Å². The number of nitrogen functional groups attached to an aromatic ring is 1. The van der Waals surface area contributed by atoms with Crippen LogP contribution in [0.25, 0.3) is 0 Å². The standard InChI is InChI=1S/C14H13N3O6/c15-12-4-3-9(17(20)21)6-11(12)14(19)23-8-13(18)16-7-10-2-1-5-22-10/h1-6H,7-8,15H2,(H,16,18). The molecule has 1 aromatic carbocycles. The highest BCUT2D eigenvalue weighted by molar-refractivity contribution is 5.96. The second-order valence-electron chi connectivity index (χ2n) is 4.46. The van der Waals surface area contributed by atoms with Crippen molar-refractivity contribution in [3.05, 3.63) is 58.0 Å². The van der Waals surface area contributed by atoms with Crippen LogP contribution in [-0.4, -0.2) is 23.4 Å². The third-order valence-electron chi connectivity index (χ3n) is 2.84. The molecule has 1 aromatic heterocycles. The van der Waals surface area contributed by atoms with E-state index in [0.717, 1.165) is 6.07 Å². The van der Waals surface area contributed by atoms with Crippen molar-refractivity contribution >= 4 is 23.3 Å². The second-order valence-corrected chi connectivity index (χ2v) is 4.46. The Morgan fingerprint density at radius 3 is 2.78 bits per heavy atom. The van der Waals surface area contributed by atoms with E-state index in [9.17, 15) is 19.7 Å². The van der Waals surface area contributed by atoms with Crippen LogP contribution in [0.5, 0.6) is 0 Å². The Morgan fingerprint density at radius 1 is 1.35 bits per heavy atom. The number of hydrogen-bond donors (Lipinski definition) is 2. The molecule has 0 unspecified atom stereocenters. The molecule has 0 radical (unpaired) electrons. The first-order chi connectivity index (χ1) is 11.0. The third-order valence-corrected chi connectivity index (χ3v) is 2.84. The molecule has 120 valence electrons. The molecule has 9 heteroatoms. The fourth-order valence-corrected chi connectivity index (χ4v) is 1.69. The Balaban J connectivity index is 1.90. The number of nitro benzene ring substituents is 1. The van der Waals surface area contributed by atoms with Crippen molar-refractivity contribution in [2.24, 2.45) is 0 Å². The number of carbonyl (C=O) groups excluding carboxylic acids is 2. The first kappa shape index (κ1) is 16.0. The lowest BCUT2D eigenvalue weighted by Crippen LogP contribution is -2.28. The van der Waals surface area contributed by atoms with Crippen molar-refractivity contribution in [3.63, 3.8) is 0 Å². The van der Waals surface area contributed by atoms with Gasteiger partial charge in [-0.25, -0.2) is 4.79 Å². The SMILES string of the molecule is Nc1ccc([N+](=O)[O-])cc1C(=O)OCC(=O)NCc1ccco1. The Hall–Kier alpha value is -3.36. The van der Waals surface area contributed by atoms with E-state index in [1.165, 1.54) is 18.4 Å². The topological polar surface area (TPSA) is 138 Å². The van der Waals surface area contributed by atoms with Gasteiger partial charge in [-0.1, -0.05) is 0 Å². The summed E-state index contributed by atoms with van der Waals surface area (Å²) in [5.74, 6) is -0.911. The van der Waals surface area contributed by atoms with E-state index < -0.39 is 23.4 Å². The van der Waals surface area contributed by atoms with Crippen LogP contribution in [0.3, 0.4) is 0 Å². The average molecular weight is 319 g/mol. The maximum atomic E-state index is 11.9. The minimum absolute atomic E-state index is 0.0246. The summed E-state index contributed by atoms with van der Waals surface area (Å²) >= 11 is 0. The Labute approximate surface area is 130 Å². The van der Waals surface area contributed by atoms with E-state index in [4.69, 9.17) is 14.9 Å². The predicted molar refractivity (Wildman–Crippen MR) is 78.3 cm³/mol. The van der Waals surface area contributed by atoms with E-state index in [1.54, 1.807) is 12.1 Å². The second kappa shape index (κ2) is 7.07. The van der Waals surface area contributed by atoms with Crippen molar-refractivity contribution in [2.75, 3.05) is 12.3 Å². The molecule has 0 bridgehead atoms. The van der Waals surface area contributed by atoms with Crippen LogP contribution in [0, 0.1) is 10.1 Å². The van der Waals surface area contributed by atoms with Gasteiger partial charge in [0.15, 0.2) is 6.61 Å². The number of furan rings is 1. The summed E-state index contributed by atoms with van der Waals surface area (Å²) in [6.45, 7) is -0.385. The van der Waals surface area contributed by atoms with Crippen LogP contribution in [-0.2, 0) is 16.1 Å². The zero-order chi connectivity index (χ0) is 16.8. The molecule has 9 nitrogen and oxygen atoms in total. The molecular weight excluding hydrogens is 306 g/mol. The molecule has 0 aliphatic rings. The summed E-state index contributed by atoms with van der Waals surface area (Å²) < 4.78 is 9.82. The Kier molecular flexibility index (Phi) is 4.92. The summed E-state index contributed by atoms with van der Waals surface area (Å²) in [5.41, 5.74) is 5.14. The van der Waals surface area contributed by atoms with Gasteiger partial charge in [0.2, 0.25) is 0 Å². The van der Waals surface area contributed by atoms with Crippen molar-refractivity contribution in [1.29, 1.82) is 0 Å². The molecule has 0 aliphatic carbocycles. The van der Waals surface area contributed by atoms with Gasteiger partial charge in [0.25, 0.3) is 11.6 Å². The molecule has 0 aliphatic heterocycles. The van der Waals surface area contributed by atoms with Gasteiger partial charge in [0.1, 0.15) is 5.76 Å². The zero-order valence-corrected chi connectivity index (χ0v) is 11.9. The third kappa shape index (κ3) is 4.30. The molecule has 1 amide bonds. The molecule has 0 saturated carbocycles. The van der Waals surface area contributed by atoms with Gasteiger partial charge in [-0.2, -0.15) is 0 Å². The Morgan fingerprint density at radius 2 is 2.13 bits per heavy atom. The lowest BCUT2D eigenvalue weighted by atomic mass is 10.1. The number of amides is 1. The lowest BCUT2D eigenvalue weighted by molar-refractivity contribution is -0.384. The first-order valence-electron chi connectivity index (χ1n) is 6.47. The van der Waals surface area contributed by atoms with Gasteiger partial charge >= 0.3 is 5.97 Å². The van der Waals surface area contributed by atoms with E-state index in [2.05, 4.69) is 5.32 Å². The van der Waals surface area contributed by atoms with Gasteiger partial charge in [-0.3, -0.25) is 14.9 Å². The number of non-ortho nitro benzene ring substituents is 1. The van der Waals surface area contributed by atoms with E-state index in [-0.39, 0.29) is 23.5 Å². The number of esters is 1. The number of nitro groups is 1. The maximum absolute atomic E-state index is 11.9. The summed E-state index contributed by atoms with van der Waals surface area (Å²) in [5, 5.41) is 13.2. The molecule has 23 heavy (non-hydrogen) atoms. The highest BCUT2D eigenvalue weighted by Gasteiger charge is 2.17. The smallest absolute Gasteiger partial charge is 0.341 e. The number of anilines is 1. The molecule has 1 heterocycles. The normalized spacial score (nSPS) is 10.1. The van der Waals surface area contributed by atoms with E-state index in [0.29, 0.717) is 5.76 Å². The van der Waals surface area contributed by atoms with Crippen molar-refractivity contribution in [2.45, 2.75) is 6.54 Å². The highest BCUT2D eigenvalue weighted by Crippen LogP contribution is 2.20. The van der Waals surface area contributed by atoms with Crippen molar-refractivity contribution in [1.82, 2.24) is 5.32 Å². The number of nitrogens with zero attached hydrogens (tertiary/aromatic N) is 1. The molecule has 3 N–H and O–H groups in total. The summed E-state index contributed by atoms with van der Waals surface area (Å²) in [4.78, 5) is 33.4. The molecule has 0 saturated heterocycles. The number of carbonyl (C=O) groups is 2. The number of benzene rings is 1. The van der Waals surface area contributed by atoms with Crippen LogP contribution in [0.4, 0.5) is 11.4 Å². The first-order valence-corrected chi connectivity index (χ1v) is 6.47. The molecular formula is C14H13N3O6. The van der Waals surface area contributed by atoms with Crippen molar-refractivity contribution < 1.29 is 23.7 Å². The van der Waals surface area contributed by atoms with E-state index in [1.807, 2.05) is 0 Å². The Bertz CT molecular complexity index is 726. The minimum atomic E-state index is -0.917. The van der Waals surface area contributed by atoms with Crippen LogP contribution in [0.2, 0.25) is 0 Å². The monoisotopic (exact) mass is 319 g/mol. The molecule has 0 spiro atoms. The summed E-state index contributed by atoms with van der Waals surface area (Å²) in [7, 11) is 0. The minimum Gasteiger partial charge on any atom is -0.467 e. The molecule has 2 rings (SSSR count). The van der Waals surface area contributed by atoms with Crippen LogP contribution >= 0.6 is 0 Å². The fraction of sp³-hybridized carbons (Fsp3) is 0.143. The highest BCUT2D eigenvalue weighted by atomic mass is 16.6.